The third kappa shape index (κ3) is 7.73. The standard InChI is InChI=1S/C25H36N2O3.2ClH/c1-19(2)10-11-22(27-14-12-26-13-15-27)21-16-24(28-3)25(29-4)17-23(21)30-18-20-8-6-5-7-9-20;;/h5-9,16-17,19,22,26H,10-15,18H2,1-4H3;2*1H/t22-;;/m0../s1. The van der Waals surface area contributed by atoms with Crippen LogP contribution in [0.25, 0.3) is 0 Å². The first kappa shape index (κ1) is 28.4. The highest BCUT2D eigenvalue weighted by molar-refractivity contribution is 5.85. The molecule has 1 aliphatic rings. The molecule has 32 heavy (non-hydrogen) atoms. The van der Waals surface area contributed by atoms with Gasteiger partial charge in [0.25, 0.3) is 0 Å². The van der Waals surface area contributed by atoms with Crippen LogP contribution in [0.5, 0.6) is 17.2 Å². The third-order valence-electron chi connectivity index (χ3n) is 5.72. The first-order valence-electron chi connectivity index (χ1n) is 11.0. The molecule has 1 N–H and O–H groups in total. The molecule has 2 aromatic carbocycles. The highest BCUT2D eigenvalue weighted by Crippen LogP contribution is 2.41. The largest absolute Gasteiger partial charge is 0.493 e. The van der Waals surface area contributed by atoms with E-state index in [1.807, 2.05) is 24.3 Å². The van der Waals surface area contributed by atoms with Crippen molar-refractivity contribution < 1.29 is 14.2 Å². The Morgan fingerprint density at radius 2 is 1.50 bits per heavy atom. The maximum Gasteiger partial charge on any atom is 0.164 e. The molecule has 0 spiro atoms. The summed E-state index contributed by atoms with van der Waals surface area (Å²) in [5, 5.41) is 3.47. The second-order valence-corrected chi connectivity index (χ2v) is 8.29. The normalized spacial score (nSPS) is 14.8. The lowest BCUT2D eigenvalue weighted by Crippen LogP contribution is -2.45. The maximum atomic E-state index is 6.37. The molecule has 1 fully saturated rings. The molecule has 7 heteroatoms. The Labute approximate surface area is 205 Å². The van der Waals surface area contributed by atoms with Crippen LogP contribution in [0.1, 0.15) is 43.9 Å². The van der Waals surface area contributed by atoms with Crippen LogP contribution in [0.2, 0.25) is 0 Å². The predicted molar refractivity (Wildman–Crippen MR) is 136 cm³/mol. The number of halogens is 2. The van der Waals surface area contributed by atoms with E-state index in [0.29, 0.717) is 24.3 Å². The summed E-state index contributed by atoms with van der Waals surface area (Å²) >= 11 is 0. The average Bonchev–Trinajstić information content (AvgIpc) is 2.79. The fourth-order valence-electron chi connectivity index (χ4n) is 4.02. The number of ether oxygens (including phenoxy) is 3. The van der Waals surface area contributed by atoms with Gasteiger partial charge in [0.2, 0.25) is 0 Å². The van der Waals surface area contributed by atoms with Crippen molar-refractivity contribution in [2.75, 3.05) is 40.4 Å². The van der Waals surface area contributed by atoms with Gasteiger partial charge >= 0.3 is 0 Å². The summed E-state index contributed by atoms with van der Waals surface area (Å²) < 4.78 is 17.6. The lowest BCUT2D eigenvalue weighted by molar-refractivity contribution is 0.155. The quantitative estimate of drug-likeness (QED) is 0.481. The smallest absolute Gasteiger partial charge is 0.164 e. The molecule has 0 aliphatic carbocycles. The van der Waals surface area contributed by atoms with Crippen LogP contribution in [0.3, 0.4) is 0 Å². The number of nitrogens with zero attached hydrogens (tertiary/aromatic N) is 1. The predicted octanol–water partition coefficient (Wildman–Crippen LogP) is 5.51. The van der Waals surface area contributed by atoms with E-state index in [-0.39, 0.29) is 24.8 Å². The molecule has 1 aliphatic heterocycles. The van der Waals surface area contributed by atoms with Gasteiger partial charge in [-0.2, -0.15) is 0 Å². The summed E-state index contributed by atoms with van der Waals surface area (Å²) in [6, 6.07) is 14.7. The van der Waals surface area contributed by atoms with Gasteiger partial charge in [0, 0.05) is 43.9 Å². The van der Waals surface area contributed by atoms with Crippen molar-refractivity contribution in [2.45, 2.75) is 39.3 Å². The second kappa shape index (κ2) is 14.5. The highest BCUT2D eigenvalue weighted by atomic mass is 35.5. The Morgan fingerprint density at radius 1 is 0.875 bits per heavy atom. The molecule has 5 nitrogen and oxygen atoms in total. The average molecular weight is 485 g/mol. The minimum absolute atomic E-state index is 0. The molecule has 1 atom stereocenters. The van der Waals surface area contributed by atoms with Crippen molar-refractivity contribution >= 4 is 24.8 Å². The van der Waals surface area contributed by atoms with Crippen LogP contribution in [0.15, 0.2) is 42.5 Å². The number of nitrogens with one attached hydrogen (secondary N) is 1. The number of rotatable bonds is 10. The van der Waals surface area contributed by atoms with Crippen LogP contribution < -0.4 is 19.5 Å². The number of piperazine rings is 1. The molecule has 180 valence electrons. The van der Waals surface area contributed by atoms with Gasteiger partial charge in [0.05, 0.1) is 14.2 Å². The summed E-state index contributed by atoms with van der Waals surface area (Å²) in [6.45, 7) is 9.22. The van der Waals surface area contributed by atoms with E-state index in [2.05, 4.69) is 42.3 Å². The summed E-state index contributed by atoms with van der Waals surface area (Å²) in [5.41, 5.74) is 2.34. The molecule has 0 bridgehead atoms. The van der Waals surface area contributed by atoms with E-state index < -0.39 is 0 Å². The molecule has 0 aromatic heterocycles. The Kier molecular flexibility index (Phi) is 12.8. The van der Waals surface area contributed by atoms with Crippen molar-refractivity contribution in [3.8, 4) is 17.2 Å². The van der Waals surface area contributed by atoms with Crippen LogP contribution in [0.4, 0.5) is 0 Å². The Hall–Kier alpha value is -1.66. The maximum absolute atomic E-state index is 6.37. The first-order chi connectivity index (χ1) is 14.6. The number of methoxy groups -OCH3 is 2. The third-order valence-corrected chi connectivity index (χ3v) is 5.72. The zero-order valence-corrected chi connectivity index (χ0v) is 21.3. The van der Waals surface area contributed by atoms with Crippen LogP contribution in [0, 0.1) is 5.92 Å². The monoisotopic (exact) mass is 484 g/mol. The molecule has 0 saturated carbocycles. The summed E-state index contributed by atoms with van der Waals surface area (Å²) in [5.74, 6) is 2.99. The zero-order chi connectivity index (χ0) is 21.3. The Balaban J connectivity index is 0.00000256. The zero-order valence-electron chi connectivity index (χ0n) is 19.6. The fourth-order valence-corrected chi connectivity index (χ4v) is 4.02. The molecule has 0 unspecified atom stereocenters. The Bertz CT molecular complexity index is 784. The van der Waals surface area contributed by atoms with Crippen molar-refractivity contribution in [1.29, 1.82) is 0 Å². The van der Waals surface area contributed by atoms with Crippen molar-refractivity contribution in [1.82, 2.24) is 10.2 Å². The number of hydrogen-bond donors (Lipinski definition) is 1. The van der Waals surface area contributed by atoms with E-state index in [4.69, 9.17) is 14.2 Å². The van der Waals surface area contributed by atoms with Gasteiger partial charge in [0.15, 0.2) is 11.5 Å². The van der Waals surface area contributed by atoms with Crippen molar-refractivity contribution in [2.24, 2.45) is 5.92 Å². The lowest BCUT2D eigenvalue weighted by atomic mass is 9.94. The molecular formula is C25H38Cl2N2O3. The van der Waals surface area contributed by atoms with Crippen LogP contribution in [-0.4, -0.2) is 45.3 Å². The van der Waals surface area contributed by atoms with Crippen molar-refractivity contribution in [3.63, 3.8) is 0 Å². The molecule has 3 rings (SSSR count). The molecule has 2 aromatic rings. The van der Waals surface area contributed by atoms with Crippen LogP contribution in [-0.2, 0) is 6.61 Å². The van der Waals surface area contributed by atoms with Gasteiger partial charge in [-0.1, -0.05) is 44.2 Å². The van der Waals surface area contributed by atoms with E-state index in [9.17, 15) is 0 Å². The van der Waals surface area contributed by atoms with Gasteiger partial charge in [-0.15, -0.1) is 24.8 Å². The molecule has 0 amide bonds. The topological polar surface area (TPSA) is 43.0 Å². The fraction of sp³-hybridized carbons (Fsp3) is 0.520. The molecule has 1 saturated heterocycles. The van der Waals surface area contributed by atoms with Gasteiger partial charge in [-0.25, -0.2) is 0 Å². The number of benzene rings is 2. The van der Waals surface area contributed by atoms with Gasteiger partial charge in [0.1, 0.15) is 12.4 Å². The summed E-state index contributed by atoms with van der Waals surface area (Å²) in [7, 11) is 3.37. The minimum Gasteiger partial charge on any atom is -0.493 e. The summed E-state index contributed by atoms with van der Waals surface area (Å²) in [6.07, 6.45) is 2.26. The van der Waals surface area contributed by atoms with E-state index >= 15 is 0 Å². The van der Waals surface area contributed by atoms with Crippen molar-refractivity contribution in [3.05, 3.63) is 53.6 Å². The summed E-state index contributed by atoms with van der Waals surface area (Å²) in [4.78, 5) is 2.58. The number of hydrogen-bond acceptors (Lipinski definition) is 5. The van der Waals surface area contributed by atoms with Gasteiger partial charge < -0.3 is 19.5 Å². The second-order valence-electron chi connectivity index (χ2n) is 8.29. The highest BCUT2D eigenvalue weighted by Gasteiger charge is 2.27. The Morgan fingerprint density at radius 3 is 2.09 bits per heavy atom. The van der Waals surface area contributed by atoms with Crippen LogP contribution >= 0.6 is 24.8 Å². The van der Waals surface area contributed by atoms with E-state index in [0.717, 1.165) is 49.7 Å². The van der Waals surface area contributed by atoms with E-state index in [1.165, 1.54) is 12.0 Å². The first-order valence-corrected chi connectivity index (χ1v) is 11.0. The van der Waals surface area contributed by atoms with Gasteiger partial charge in [-0.05, 0) is 30.4 Å². The minimum atomic E-state index is 0. The molecular weight excluding hydrogens is 447 g/mol. The lowest BCUT2D eigenvalue weighted by Gasteiger charge is -2.36. The molecule has 1 heterocycles. The molecule has 0 radical (unpaired) electrons. The SMILES string of the molecule is COc1cc(OCc2ccccc2)c([C@H](CCC(C)C)N2CCNCC2)cc1OC.Cl.Cl. The van der Waals surface area contributed by atoms with Gasteiger partial charge in [-0.3, -0.25) is 4.90 Å². The van der Waals surface area contributed by atoms with E-state index in [1.54, 1.807) is 14.2 Å².